The molecule has 1 N–H and O–H groups in total. The lowest BCUT2D eigenvalue weighted by atomic mass is 9.94. The van der Waals surface area contributed by atoms with E-state index in [2.05, 4.69) is 5.32 Å². The highest BCUT2D eigenvalue weighted by molar-refractivity contribution is 5.76. The van der Waals surface area contributed by atoms with Crippen LogP contribution >= 0.6 is 0 Å². The lowest BCUT2D eigenvalue weighted by Crippen LogP contribution is -2.36. The van der Waals surface area contributed by atoms with E-state index in [1.165, 1.54) is 7.11 Å². The van der Waals surface area contributed by atoms with E-state index in [9.17, 15) is 4.79 Å². The molecule has 1 aromatic carbocycles. The molecule has 2 rings (SSSR count). The number of ether oxygens (including phenoxy) is 3. The Morgan fingerprint density at radius 1 is 1.37 bits per heavy atom. The Balaban J connectivity index is 1.88. The largest absolute Gasteiger partial charge is 0.469 e. The molecule has 0 aromatic heterocycles. The van der Waals surface area contributed by atoms with Crippen LogP contribution in [0.1, 0.15) is 19.4 Å². The summed E-state index contributed by atoms with van der Waals surface area (Å²) in [4.78, 5) is 11.5. The molecular weight excluding hydrogens is 246 g/mol. The van der Waals surface area contributed by atoms with E-state index in [1.807, 2.05) is 32.0 Å². The van der Waals surface area contributed by atoms with Gasteiger partial charge in [0.25, 0.3) is 0 Å². The molecule has 0 atom stereocenters. The maximum Gasteiger partial charge on any atom is 0.312 e. The molecule has 5 nitrogen and oxygen atoms in total. The van der Waals surface area contributed by atoms with E-state index in [4.69, 9.17) is 14.2 Å². The van der Waals surface area contributed by atoms with Gasteiger partial charge < -0.3 is 19.5 Å². The second kappa shape index (κ2) is 5.48. The minimum atomic E-state index is -0.537. The zero-order chi connectivity index (χ0) is 13.9. The van der Waals surface area contributed by atoms with Crippen molar-refractivity contribution in [3.05, 3.63) is 23.8 Å². The number of carbonyl (C=O) groups excluding carboxylic acids is 1. The van der Waals surface area contributed by atoms with Crippen molar-refractivity contribution in [1.82, 2.24) is 5.32 Å². The van der Waals surface area contributed by atoms with Crippen LogP contribution in [-0.4, -0.2) is 26.4 Å². The van der Waals surface area contributed by atoms with Gasteiger partial charge in [-0.1, -0.05) is 6.07 Å². The number of benzene rings is 1. The Kier molecular flexibility index (Phi) is 3.95. The predicted octanol–water partition coefficient (Wildman–Crippen LogP) is 1.70. The van der Waals surface area contributed by atoms with Gasteiger partial charge in [0.2, 0.25) is 6.79 Å². The van der Waals surface area contributed by atoms with Gasteiger partial charge in [-0.05, 0) is 31.5 Å². The second-order valence-corrected chi connectivity index (χ2v) is 5.17. The molecule has 0 bridgehead atoms. The van der Waals surface area contributed by atoms with Crippen molar-refractivity contribution >= 4 is 5.97 Å². The van der Waals surface area contributed by atoms with Crippen LogP contribution in [0.2, 0.25) is 0 Å². The molecule has 1 aliphatic heterocycles. The SMILES string of the molecule is COC(=O)C(C)(C)CNCc1ccc2c(c1)OCO2. The number of esters is 1. The molecule has 5 heteroatoms. The van der Waals surface area contributed by atoms with Crippen LogP contribution in [0.15, 0.2) is 18.2 Å². The number of methoxy groups -OCH3 is 1. The third-order valence-corrected chi connectivity index (χ3v) is 3.07. The average molecular weight is 265 g/mol. The summed E-state index contributed by atoms with van der Waals surface area (Å²) in [6.07, 6.45) is 0. The van der Waals surface area contributed by atoms with E-state index in [0.29, 0.717) is 13.1 Å². The van der Waals surface area contributed by atoms with Gasteiger partial charge in [-0.2, -0.15) is 0 Å². The highest BCUT2D eigenvalue weighted by atomic mass is 16.7. The molecule has 0 fully saturated rings. The summed E-state index contributed by atoms with van der Waals surface area (Å²) in [6, 6.07) is 5.82. The third-order valence-electron chi connectivity index (χ3n) is 3.07. The van der Waals surface area contributed by atoms with E-state index in [0.717, 1.165) is 17.1 Å². The topological polar surface area (TPSA) is 56.8 Å². The second-order valence-electron chi connectivity index (χ2n) is 5.17. The molecule has 1 aliphatic rings. The van der Waals surface area contributed by atoms with Gasteiger partial charge in [0.15, 0.2) is 11.5 Å². The summed E-state index contributed by atoms with van der Waals surface area (Å²) in [5.41, 5.74) is 0.551. The summed E-state index contributed by atoms with van der Waals surface area (Å²) >= 11 is 0. The normalized spacial score (nSPS) is 13.4. The zero-order valence-electron chi connectivity index (χ0n) is 11.5. The summed E-state index contributed by atoms with van der Waals surface area (Å²) in [6.45, 7) is 5.20. The molecule has 1 heterocycles. The number of carbonyl (C=O) groups is 1. The smallest absolute Gasteiger partial charge is 0.312 e. The fraction of sp³-hybridized carbons (Fsp3) is 0.500. The fourth-order valence-corrected chi connectivity index (χ4v) is 1.92. The molecule has 0 spiro atoms. The van der Waals surface area contributed by atoms with E-state index < -0.39 is 5.41 Å². The molecule has 0 radical (unpaired) electrons. The molecule has 104 valence electrons. The Hall–Kier alpha value is -1.75. The summed E-state index contributed by atoms with van der Waals surface area (Å²) < 4.78 is 15.3. The van der Waals surface area contributed by atoms with Crippen LogP contribution in [0.25, 0.3) is 0 Å². The maximum atomic E-state index is 11.5. The standard InChI is InChI=1S/C14H19NO4/c1-14(2,13(16)17-3)8-15-7-10-4-5-11-12(6-10)19-9-18-11/h4-6,15H,7-9H2,1-3H3. The van der Waals surface area contributed by atoms with Crippen LogP contribution in [0, 0.1) is 5.41 Å². The third kappa shape index (κ3) is 3.17. The molecule has 0 saturated carbocycles. The quantitative estimate of drug-likeness (QED) is 0.821. The first kappa shape index (κ1) is 13.7. The first-order valence-electron chi connectivity index (χ1n) is 6.20. The molecular formula is C14H19NO4. The zero-order valence-corrected chi connectivity index (χ0v) is 11.5. The van der Waals surface area contributed by atoms with Crippen molar-refractivity contribution in [3.8, 4) is 11.5 Å². The Labute approximate surface area is 112 Å². The minimum Gasteiger partial charge on any atom is -0.469 e. The number of nitrogens with one attached hydrogen (secondary N) is 1. The van der Waals surface area contributed by atoms with Crippen LogP contribution in [0.5, 0.6) is 11.5 Å². The summed E-state index contributed by atoms with van der Waals surface area (Å²) in [5, 5.41) is 3.25. The molecule has 0 amide bonds. The Bertz CT molecular complexity index is 471. The van der Waals surface area contributed by atoms with Crippen molar-refractivity contribution in [2.75, 3.05) is 20.4 Å². The summed E-state index contributed by atoms with van der Waals surface area (Å²) in [5.74, 6) is 1.33. The highest BCUT2D eigenvalue weighted by Crippen LogP contribution is 2.32. The first-order chi connectivity index (χ1) is 9.03. The van der Waals surface area contributed by atoms with Gasteiger partial charge >= 0.3 is 5.97 Å². The van der Waals surface area contributed by atoms with Gasteiger partial charge in [0, 0.05) is 13.1 Å². The predicted molar refractivity (Wildman–Crippen MR) is 70.1 cm³/mol. The maximum absolute atomic E-state index is 11.5. The van der Waals surface area contributed by atoms with Gasteiger partial charge in [0.1, 0.15) is 0 Å². The van der Waals surface area contributed by atoms with Crippen molar-refractivity contribution < 1.29 is 19.0 Å². The number of hydrogen-bond acceptors (Lipinski definition) is 5. The first-order valence-corrected chi connectivity index (χ1v) is 6.20. The van der Waals surface area contributed by atoms with Gasteiger partial charge in [-0.25, -0.2) is 0 Å². The Morgan fingerprint density at radius 2 is 2.11 bits per heavy atom. The molecule has 0 saturated heterocycles. The van der Waals surface area contributed by atoms with Crippen molar-refractivity contribution in [1.29, 1.82) is 0 Å². The van der Waals surface area contributed by atoms with E-state index in [1.54, 1.807) is 0 Å². The van der Waals surface area contributed by atoms with Crippen LogP contribution in [0.3, 0.4) is 0 Å². The van der Waals surface area contributed by atoms with Crippen LogP contribution < -0.4 is 14.8 Å². The lowest BCUT2D eigenvalue weighted by Gasteiger charge is -2.21. The number of hydrogen-bond donors (Lipinski definition) is 1. The van der Waals surface area contributed by atoms with Gasteiger partial charge in [-0.3, -0.25) is 4.79 Å². The molecule has 0 unspecified atom stereocenters. The number of rotatable bonds is 5. The average Bonchev–Trinajstić information content (AvgIpc) is 2.84. The Morgan fingerprint density at radius 3 is 2.84 bits per heavy atom. The highest BCUT2D eigenvalue weighted by Gasteiger charge is 2.28. The lowest BCUT2D eigenvalue weighted by molar-refractivity contribution is -0.150. The van der Waals surface area contributed by atoms with Gasteiger partial charge in [0.05, 0.1) is 12.5 Å². The van der Waals surface area contributed by atoms with Crippen molar-refractivity contribution in [2.24, 2.45) is 5.41 Å². The molecule has 19 heavy (non-hydrogen) atoms. The van der Waals surface area contributed by atoms with Crippen LogP contribution in [0.4, 0.5) is 0 Å². The molecule has 1 aromatic rings. The van der Waals surface area contributed by atoms with Crippen molar-refractivity contribution in [2.45, 2.75) is 20.4 Å². The number of fused-ring (bicyclic) bond motifs is 1. The van der Waals surface area contributed by atoms with E-state index >= 15 is 0 Å². The monoisotopic (exact) mass is 265 g/mol. The van der Waals surface area contributed by atoms with Crippen molar-refractivity contribution in [3.63, 3.8) is 0 Å². The van der Waals surface area contributed by atoms with E-state index in [-0.39, 0.29) is 12.8 Å². The minimum absolute atomic E-state index is 0.217. The van der Waals surface area contributed by atoms with Crippen LogP contribution in [-0.2, 0) is 16.1 Å². The van der Waals surface area contributed by atoms with Gasteiger partial charge in [-0.15, -0.1) is 0 Å². The summed E-state index contributed by atoms with van der Waals surface area (Å²) in [7, 11) is 1.40. The molecule has 0 aliphatic carbocycles. The fourth-order valence-electron chi connectivity index (χ4n) is 1.92.